The highest BCUT2D eigenvalue weighted by molar-refractivity contribution is 6.30. The Morgan fingerprint density at radius 1 is 1.14 bits per heavy atom. The summed E-state index contributed by atoms with van der Waals surface area (Å²) in [6.07, 6.45) is 2.27. The first-order chi connectivity index (χ1) is 13.4. The molecule has 1 aliphatic heterocycles. The molecule has 8 heteroatoms. The minimum atomic E-state index is -0.368. The van der Waals surface area contributed by atoms with E-state index in [-0.39, 0.29) is 11.2 Å². The maximum Gasteiger partial charge on any atom is 0.332 e. The fourth-order valence-electron chi connectivity index (χ4n) is 3.97. The van der Waals surface area contributed by atoms with Crippen LogP contribution in [-0.4, -0.2) is 31.8 Å². The van der Waals surface area contributed by atoms with Gasteiger partial charge in [-0.2, -0.15) is 4.98 Å². The van der Waals surface area contributed by atoms with Crippen molar-refractivity contribution in [3.05, 3.63) is 55.7 Å². The zero-order valence-electron chi connectivity index (χ0n) is 16.4. The number of fused-ring (bicyclic) bond motifs is 1. The van der Waals surface area contributed by atoms with Crippen LogP contribution in [0.5, 0.6) is 0 Å². The summed E-state index contributed by atoms with van der Waals surface area (Å²) in [6.45, 7) is 4.50. The number of hydrogen-bond acceptors (Lipinski definition) is 4. The van der Waals surface area contributed by atoms with Crippen LogP contribution < -0.4 is 16.1 Å². The van der Waals surface area contributed by atoms with Crippen molar-refractivity contribution in [2.75, 3.05) is 18.0 Å². The molecule has 2 aromatic heterocycles. The van der Waals surface area contributed by atoms with Crippen molar-refractivity contribution in [2.24, 2.45) is 20.0 Å². The van der Waals surface area contributed by atoms with Crippen LogP contribution in [-0.2, 0) is 20.6 Å². The molecular weight excluding hydrogens is 378 g/mol. The molecule has 0 N–H and O–H groups in total. The molecule has 0 spiro atoms. The first-order valence-electron chi connectivity index (χ1n) is 9.52. The lowest BCUT2D eigenvalue weighted by Gasteiger charge is -2.32. The number of anilines is 1. The van der Waals surface area contributed by atoms with E-state index < -0.39 is 0 Å². The second kappa shape index (κ2) is 7.13. The first kappa shape index (κ1) is 18.8. The van der Waals surface area contributed by atoms with E-state index >= 15 is 0 Å². The van der Waals surface area contributed by atoms with Gasteiger partial charge in [0.2, 0.25) is 5.95 Å². The highest BCUT2D eigenvalue weighted by Gasteiger charge is 2.25. The quantitative estimate of drug-likeness (QED) is 0.675. The van der Waals surface area contributed by atoms with Gasteiger partial charge in [0, 0.05) is 32.2 Å². The van der Waals surface area contributed by atoms with Crippen LogP contribution in [0, 0.1) is 5.92 Å². The van der Waals surface area contributed by atoms with Crippen molar-refractivity contribution in [1.29, 1.82) is 0 Å². The second-order valence-corrected chi connectivity index (χ2v) is 8.13. The number of aromatic nitrogens is 4. The van der Waals surface area contributed by atoms with Crippen molar-refractivity contribution in [1.82, 2.24) is 18.7 Å². The monoisotopic (exact) mass is 401 g/mol. The molecule has 3 aromatic rings. The average molecular weight is 402 g/mol. The third-order valence-corrected chi connectivity index (χ3v) is 5.77. The lowest BCUT2D eigenvalue weighted by atomic mass is 10.0. The fourth-order valence-corrected chi connectivity index (χ4v) is 4.10. The number of rotatable bonds is 3. The molecule has 148 valence electrons. The predicted molar refractivity (Wildman–Crippen MR) is 111 cm³/mol. The van der Waals surface area contributed by atoms with Crippen molar-refractivity contribution >= 4 is 28.7 Å². The fraction of sp³-hybridized carbons (Fsp3) is 0.450. The number of aryl methyl sites for hydroxylation is 1. The highest BCUT2D eigenvalue weighted by atomic mass is 35.5. The molecule has 0 aliphatic carbocycles. The van der Waals surface area contributed by atoms with Crippen molar-refractivity contribution in [3.63, 3.8) is 0 Å². The number of nitrogens with zero attached hydrogens (tertiary/aromatic N) is 5. The summed E-state index contributed by atoms with van der Waals surface area (Å²) in [5.41, 5.74) is 1.21. The van der Waals surface area contributed by atoms with Crippen LogP contribution in [0.2, 0.25) is 5.02 Å². The van der Waals surface area contributed by atoms with Crippen LogP contribution in [0.4, 0.5) is 5.95 Å². The lowest BCUT2D eigenvalue weighted by Crippen LogP contribution is -2.38. The van der Waals surface area contributed by atoms with E-state index in [1.165, 1.54) is 18.0 Å². The van der Waals surface area contributed by atoms with Crippen LogP contribution in [0.1, 0.15) is 25.3 Å². The van der Waals surface area contributed by atoms with Crippen LogP contribution in [0.3, 0.4) is 0 Å². The summed E-state index contributed by atoms with van der Waals surface area (Å²) >= 11 is 6.02. The smallest absolute Gasteiger partial charge is 0.332 e. The third-order valence-electron chi connectivity index (χ3n) is 5.52. The molecule has 7 nitrogen and oxygen atoms in total. The molecule has 0 saturated carbocycles. The van der Waals surface area contributed by atoms with E-state index in [0.29, 0.717) is 28.6 Å². The molecule has 1 atom stereocenters. The molecule has 1 aromatic carbocycles. The van der Waals surface area contributed by atoms with E-state index in [1.807, 2.05) is 28.8 Å². The third kappa shape index (κ3) is 3.13. The number of benzene rings is 1. The second-order valence-electron chi connectivity index (χ2n) is 7.70. The zero-order chi connectivity index (χ0) is 20.0. The van der Waals surface area contributed by atoms with Crippen LogP contribution in [0.25, 0.3) is 11.2 Å². The molecule has 0 unspecified atom stereocenters. The number of halogens is 1. The van der Waals surface area contributed by atoms with Crippen LogP contribution in [0.15, 0.2) is 33.9 Å². The molecule has 0 amide bonds. The van der Waals surface area contributed by atoms with E-state index in [4.69, 9.17) is 16.6 Å². The summed E-state index contributed by atoms with van der Waals surface area (Å²) in [6, 6.07) is 7.57. The standard InChI is InChI=1S/C20H24ClN5O2/c1-13-5-4-10-25(11-13)19-22-17-16(18(27)24(3)20(28)23(17)2)26(19)12-14-6-8-15(21)9-7-14/h6-9,13H,4-5,10-12H2,1-3H3/t13-/m0/s1. The maximum atomic E-state index is 13.0. The van der Waals surface area contributed by atoms with Gasteiger partial charge in [-0.05, 0) is 36.5 Å². The van der Waals surface area contributed by atoms with Gasteiger partial charge in [0.05, 0.1) is 6.54 Å². The van der Waals surface area contributed by atoms with Gasteiger partial charge in [0.25, 0.3) is 5.56 Å². The minimum Gasteiger partial charge on any atom is -0.342 e. The Morgan fingerprint density at radius 3 is 2.54 bits per heavy atom. The minimum absolute atomic E-state index is 0.323. The van der Waals surface area contributed by atoms with Gasteiger partial charge in [0.1, 0.15) is 0 Å². The Labute approximate surface area is 167 Å². The first-order valence-corrected chi connectivity index (χ1v) is 9.90. The topological polar surface area (TPSA) is 65.1 Å². The molecule has 4 rings (SSSR count). The van der Waals surface area contributed by atoms with Gasteiger partial charge < -0.3 is 4.90 Å². The molecule has 0 radical (unpaired) electrons. The van der Waals surface area contributed by atoms with Gasteiger partial charge >= 0.3 is 5.69 Å². The Bertz CT molecular complexity index is 1140. The van der Waals surface area contributed by atoms with Gasteiger partial charge in [-0.3, -0.25) is 18.5 Å². The number of imidazole rings is 1. The summed E-state index contributed by atoms with van der Waals surface area (Å²) in [5, 5.41) is 0.669. The maximum absolute atomic E-state index is 13.0. The highest BCUT2D eigenvalue weighted by Crippen LogP contribution is 2.26. The molecule has 28 heavy (non-hydrogen) atoms. The lowest BCUT2D eigenvalue weighted by molar-refractivity contribution is 0.439. The van der Waals surface area contributed by atoms with E-state index in [9.17, 15) is 9.59 Å². The van der Waals surface area contributed by atoms with Crippen molar-refractivity contribution in [2.45, 2.75) is 26.3 Å². The Hall–Kier alpha value is -2.54. The Balaban J connectivity index is 1.95. The van der Waals surface area contributed by atoms with Gasteiger partial charge in [-0.1, -0.05) is 30.7 Å². The van der Waals surface area contributed by atoms with E-state index in [2.05, 4.69) is 11.8 Å². The molecular formula is C20H24ClN5O2. The number of piperidine rings is 1. The zero-order valence-corrected chi connectivity index (χ0v) is 17.1. The molecule has 3 heterocycles. The van der Waals surface area contributed by atoms with E-state index in [0.717, 1.165) is 35.6 Å². The van der Waals surface area contributed by atoms with E-state index in [1.54, 1.807) is 7.05 Å². The summed E-state index contributed by atoms with van der Waals surface area (Å²) < 4.78 is 4.54. The predicted octanol–water partition coefficient (Wildman–Crippen LogP) is 2.37. The Kier molecular flexibility index (Phi) is 4.79. The summed E-state index contributed by atoms with van der Waals surface area (Å²) in [7, 11) is 3.17. The summed E-state index contributed by atoms with van der Waals surface area (Å²) in [5.74, 6) is 1.30. The van der Waals surface area contributed by atoms with Gasteiger partial charge in [-0.15, -0.1) is 0 Å². The van der Waals surface area contributed by atoms with Crippen LogP contribution >= 0.6 is 11.6 Å². The normalized spacial score (nSPS) is 17.4. The van der Waals surface area contributed by atoms with Gasteiger partial charge in [-0.25, -0.2) is 4.79 Å². The Morgan fingerprint density at radius 2 is 1.86 bits per heavy atom. The average Bonchev–Trinajstić information content (AvgIpc) is 3.06. The molecule has 1 aliphatic rings. The van der Waals surface area contributed by atoms with Crippen molar-refractivity contribution < 1.29 is 0 Å². The molecule has 1 fully saturated rings. The molecule has 1 saturated heterocycles. The van der Waals surface area contributed by atoms with Gasteiger partial charge in [0.15, 0.2) is 11.2 Å². The SMILES string of the molecule is C[C@H]1CCCN(c2nc3c(c(=O)n(C)c(=O)n3C)n2Cc2ccc(Cl)cc2)C1. The largest absolute Gasteiger partial charge is 0.342 e. The van der Waals surface area contributed by atoms with Crippen molar-refractivity contribution in [3.8, 4) is 0 Å². The number of hydrogen-bond donors (Lipinski definition) is 0. The molecule has 0 bridgehead atoms. The summed E-state index contributed by atoms with van der Waals surface area (Å²) in [4.78, 5) is 32.4.